The molecule has 20 heavy (non-hydrogen) atoms. The van der Waals surface area contributed by atoms with Crippen LogP contribution in [0.3, 0.4) is 0 Å². The normalized spacial score (nSPS) is 18.7. The smallest absolute Gasteiger partial charge is 0.256 e. The average molecular weight is 298 g/mol. The number of nitrogens with one attached hydrogen (secondary N) is 1. The van der Waals surface area contributed by atoms with E-state index in [1.165, 1.54) is 11.9 Å². The monoisotopic (exact) mass is 297 g/mol. The molecule has 1 saturated heterocycles. The van der Waals surface area contributed by atoms with Crippen LogP contribution in [0.1, 0.15) is 10.4 Å². The van der Waals surface area contributed by atoms with Crippen LogP contribution < -0.4 is 11.1 Å². The summed E-state index contributed by atoms with van der Waals surface area (Å²) in [4.78, 5) is 25.8. The van der Waals surface area contributed by atoms with Gasteiger partial charge in [0.05, 0.1) is 29.5 Å². The fraction of sp³-hybridized carbons (Fsp3) is 0.385. The number of benzene rings is 1. The van der Waals surface area contributed by atoms with Crippen LogP contribution in [0.4, 0.5) is 5.69 Å². The molecule has 6 nitrogen and oxygen atoms in total. The van der Waals surface area contributed by atoms with Crippen molar-refractivity contribution >= 4 is 29.1 Å². The van der Waals surface area contributed by atoms with Crippen molar-refractivity contribution in [3.63, 3.8) is 0 Å². The summed E-state index contributed by atoms with van der Waals surface area (Å²) < 4.78 is 5.26. The quantitative estimate of drug-likeness (QED) is 0.779. The Morgan fingerprint density at radius 1 is 1.50 bits per heavy atom. The van der Waals surface area contributed by atoms with E-state index in [9.17, 15) is 9.59 Å². The molecule has 0 radical (unpaired) electrons. The summed E-state index contributed by atoms with van der Waals surface area (Å²) in [5.74, 6) is -0.583. The van der Waals surface area contributed by atoms with Crippen molar-refractivity contribution in [3.8, 4) is 0 Å². The summed E-state index contributed by atoms with van der Waals surface area (Å²) in [5, 5.41) is 2.85. The lowest BCUT2D eigenvalue weighted by atomic mass is 10.1. The molecule has 0 spiro atoms. The van der Waals surface area contributed by atoms with Crippen molar-refractivity contribution in [1.29, 1.82) is 0 Å². The van der Waals surface area contributed by atoms with Crippen molar-refractivity contribution in [3.05, 3.63) is 28.8 Å². The summed E-state index contributed by atoms with van der Waals surface area (Å²) in [6.45, 7) is 0.897. The van der Waals surface area contributed by atoms with E-state index in [0.29, 0.717) is 23.7 Å². The van der Waals surface area contributed by atoms with Crippen LogP contribution >= 0.6 is 11.6 Å². The molecular weight excluding hydrogens is 282 g/mol. The molecule has 0 saturated carbocycles. The lowest BCUT2D eigenvalue weighted by Gasteiger charge is -2.34. The zero-order chi connectivity index (χ0) is 14.7. The molecule has 2 amide bonds. The molecule has 7 heteroatoms. The SMILES string of the molecule is CNC(=O)C1COCCN1C(=O)c1cccc(Cl)c1N. The molecule has 1 fully saturated rings. The number of anilines is 1. The highest BCUT2D eigenvalue weighted by Gasteiger charge is 2.33. The van der Waals surface area contributed by atoms with Crippen molar-refractivity contribution in [1.82, 2.24) is 10.2 Å². The summed E-state index contributed by atoms with van der Waals surface area (Å²) in [6, 6.07) is 4.21. The van der Waals surface area contributed by atoms with Crippen LogP contribution in [0, 0.1) is 0 Å². The third kappa shape index (κ3) is 2.71. The lowest BCUT2D eigenvalue weighted by Crippen LogP contribution is -2.55. The van der Waals surface area contributed by atoms with Crippen molar-refractivity contribution in [2.75, 3.05) is 32.5 Å². The van der Waals surface area contributed by atoms with Gasteiger partial charge in [-0.25, -0.2) is 0 Å². The summed E-state index contributed by atoms with van der Waals surface area (Å²) in [5.41, 5.74) is 6.36. The summed E-state index contributed by atoms with van der Waals surface area (Å²) in [7, 11) is 1.52. The average Bonchev–Trinajstić information content (AvgIpc) is 2.48. The molecule has 1 heterocycles. The Hall–Kier alpha value is -1.79. The standard InChI is InChI=1S/C13H16ClN3O3/c1-16-12(18)10-7-20-6-5-17(10)13(19)8-3-2-4-9(14)11(8)15/h2-4,10H,5-7,15H2,1H3,(H,16,18). The third-order valence-corrected chi connectivity index (χ3v) is 3.55. The first-order valence-electron chi connectivity index (χ1n) is 6.20. The fourth-order valence-electron chi connectivity index (χ4n) is 2.11. The molecule has 1 aromatic carbocycles. The van der Waals surface area contributed by atoms with Crippen molar-refractivity contribution in [2.45, 2.75) is 6.04 Å². The zero-order valence-corrected chi connectivity index (χ0v) is 11.8. The molecule has 1 aromatic rings. The van der Waals surface area contributed by atoms with E-state index in [-0.39, 0.29) is 24.1 Å². The Bertz CT molecular complexity index is 536. The van der Waals surface area contributed by atoms with Crippen molar-refractivity contribution < 1.29 is 14.3 Å². The van der Waals surface area contributed by atoms with Gasteiger partial charge in [-0.2, -0.15) is 0 Å². The highest BCUT2D eigenvalue weighted by atomic mass is 35.5. The third-order valence-electron chi connectivity index (χ3n) is 3.22. The molecule has 0 aliphatic carbocycles. The number of ether oxygens (including phenoxy) is 1. The highest BCUT2D eigenvalue weighted by Crippen LogP contribution is 2.24. The minimum absolute atomic E-state index is 0.173. The van der Waals surface area contributed by atoms with Gasteiger partial charge >= 0.3 is 0 Å². The van der Waals surface area contributed by atoms with Gasteiger partial charge in [-0.15, -0.1) is 0 Å². The number of para-hydroxylation sites is 1. The van der Waals surface area contributed by atoms with Gasteiger partial charge in [-0.05, 0) is 12.1 Å². The van der Waals surface area contributed by atoms with E-state index in [0.717, 1.165) is 0 Å². The molecule has 1 aliphatic rings. The van der Waals surface area contributed by atoms with E-state index >= 15 is 0 Å². The van der Waals surface area contributed by atoms with Crippen LogP contribution in [0.25, 0.3) is 0 Å². The number of hydrogen-bond acceptors (Lipinski definition) is 4. The maximum absolute atomic E-state index is 12.6. The number of likely N-dealkylation sites (N-methyl/N-ethyl adjacent to an activating group) is 1. The van der Waals surface area contributed by atoms with E-state index in [1.54, 1.807) is 18.2 Å². The number of morpholine rings is 1. The van der Waals surface area contributed by atoms with E-state index in [1.807, 2.05) is 0 Å². The molecule has 3 N–H and O–H groups in total. The van der Waals surface area contributed by atoms with Gasteiger partial charge < -0.3 is 20.7 Å². The first kappa shape index (κ1) is 14.6. The molecule has 1 aliphatic heterocycles. The second kappa shape index (κ2) is 6.11. The fourth-order valence-corrected chi connectivity index (χ4v) is 2.28. The van der Waals surface area contributed by atoms with Gasteiger partial charge in [0.2, 0.25) is 5.91 Å². The Balaban J connectivity index is 2.30. The molecule has 1 atom stereocenters. The van der Waals surface area contributed by atoms with Crippen LogP contribution in [0.15, 0.2) is 18.2 Å². The van der Waals surface area contributed by atoms with E-state index in [2.05, 4.69) is 5.32 Å². The number of amides is 2. The van der Waals surface area contributed by atoms with Gasteiger partial charge in [0.15, 0.2) is 0 Å². The first-order chi connectivity index (χ1) is 9.56. The van der Waals surface area contributed by atoms with Crippen LogP contribution in [-0.4, -0.2) is 49.6 Å². The number of carbonyl (C=O) groups is 2. The molecule has 2 rings (SSSR count). The second-order valence-electron chi connectivity index (χ2n) is 4.40. The van der Waals surface area contributed by atoms with Crippen LogP contribution in [0.5, 0.6) is 0 Å². The first-order valence-corrected chi connectivity index (χ1v) is 6.58. The molecule has 108 valence electrons. The van der Waals surface area contributed by atoms with Gasteiger partial charge in [-0.1, -0.05) is 17.7 Å². The summed E-state index contributed by atoms with van der Waals surface area (Å²) >= 11 is 5.92. The minimum atomic E-state index is -0.653. The highest BCUT2D eigenvalue weighted by molar-refractivity contribution is 6.34. The number of hydrogen-bond donors (Lipinski definition) is 2. The molecule has 0 aromatic heterocycles. The van der Waals surface area contributed by atoms with Gasteiger partial charge in [0.1, 0.15) is 6.04 Å². The minimum Gasteiger partial charge on any atom is -0.397 e. The Morgan fingerprint density at radius 3 is 2.95 bits per heavy atom. The number of nitrogens with zero attached hydrogens (tertiary/aromatic N) is 1. The summed E-state index contributed by atoms with van der Waals surface area (Å²) in [6.07, 6.45) is 0. The zero-order valence-electron chi connectivity index (χ0n) is 11.1. The Morgan fingerprint density at radius 2 is 2.25 bits per heavy atom. The Kier molecular flexibility index (Phi) is 4.46. The van der Waals surface area contributed by atoms with E-state index in [4.69, 9.17) is 22.1 Å². The van der Waals surface area contributed by atoms with Gasteiger partial charge in [0, 0.05) is 13.6 Å². The number of carbonyl (C=O) groups excluding carboxylic acids is 2. The van der Waals surface area contributed by atoms with Gasteiger partial charge in [0.25, 0.3) is 5.91 Å². The topological polar surface area (TPSA) is 84.7 Å². The van der Waals surface area contributed by atoms with Crippen LogP contribution in [0.2, 0.25) is 5.02 Å². The van der Waals surface area contributed by atoms with Crippen LogP contribution in [-0.2, 0) is 9.53 Å². The Labute approximate surface area is 121 Å². The number of nitrogen functional groups attached to an aromatic ring is 1. The van der Waals surface area contributed by atoms with E-state index < -0.39 is 6.04 Å². The number of halogens is 1. The molecule has 0 bridgehead atoms. The maximum Gasteiger partial charge on any atom is 0.256 e. The van der Waals surface area contributed by atoms with Gasteiger partial charge in [-0.3, -0.25) is 9.59 Å². The number of rotatable bonds is 2. The maximum atomic E-state index is 12.6. The predicted molar refractivity (Wildman–Crippen MR) is 75.6 cm³/mol. The largest absolute Gasteiger partial charge is 0.397 e. The number of nitrogens with two attached hydrogens (primary N) is 1. The molecular formula is C13H16ClN3O3. The lowest BCUT2D eigenvalue weighted by molar-refractivity contribution is -0.130. The molecule has 1 unspecified atom stereocenters. The van der Waals surface area contributed by atoms with Crippen molar-refractivity contribution in [2.24, 2.45) is 0 Å². The predicted octanol–water partition coefficient (Wildman–Crippen LogP) is 0.509. The second-order valence-corrected chi connectivity index (χ2v) is 4.81.